The van der Waals surface area contributed by atoms with Crippen molar-refractivity contribution in [2.75, 3.05) is 11.9 Å². The summed E-state index contributed by atoms with van der Waals surface area (Å²) in [5, 5.41) is 14.4. The highest BCUT2D eigenvalue weighted by molar-refractivity contribution is 6.30. The first kappa shape index (κ1) is 16.0. The molecule has 112 valence electrons. The first-order valence-corrected chi connectivity index (χ1v) is 7.35. The topological polar surface area (TPSA) is 69.5 Å². The Morgan fingerprint density at radius 1 is 1.32 bits per heavy atom. The fourth-order valence-electron chi connectivity index (χ4n) is 2.10. The van der Waals surface area contributed by atoms with Crippen LogP contribution in [0.25, 0.3) is 0 Å². The molecular weight excluding hydrogens is 298 g/mol. The number of carbonyl (C=O) groups is 1. The van der Waals surface area contributed by atoms with Crippen molar-refractivity contribution >= 4 is 23.2 Å². The van der Waals surface area contributed by atoms with Crippen LogP contribution in [0, 0.1) is 11.3 Å². The Bertz CT molecular complexity index is 709. The lowest BCUT2D eigenvalue weighted by Gasteiger charge is -2.12. The molecule has 2 aromatic carbocycles. The van der Waals surface area contributed by atoms with Gasteiger partial charge in [0.2, 0.25) is 0 Å². The van der Waals surface area contributed by atoms with Gasteiger partial charge in [0.05, 0.1) is 11.3 Å². The summed E-state index contributed by atoms with van der Waals surface area (Å²) in [6.07, 6.45) is 0. The summed E-state index contributed by atoms with van der Waals surface area (Å²) in [6, 6.07) is 16.7. The van der Waals surface area contributed by atoms with Crippen molar-refractivity contribution < 1.29 is 10.1 Å². The summed E-state index contributed by atoms with van der Waals surface area (Å²) in [7, 11) is 0. The van der Waals surface area contributed by atoms with Crippen molar-refractivity contribution in [3.63, 3.8) is 0 Å². The molecule has 0 aliphatic carbocycles. The van der Waals surface area contributed by atoms with Crippen molar-refractivity contribution in [1.29, 1.82) is 5.26 Å². The molecule has 2 rings (SSSR count). The molecule has 0 spiro atoms. The molecule has 22 heavy (non-hydrogen) atoms. The van der Waals surface area contributed by atoms with Gasteiger partial charge in [-0.3, -0.25) is 4.79 Å². The van der Waals surface area contributed by atoms with Gasteiger partial charge in [-0.1, -0.05) is 35.9 Å². The van der Waals surface area contributed by atoms with E-state index in [0.29, 0.717) is 16.3 Å². The molecule has 0 saturated carbocycles. The minimum Gasteiger partial charge on any atom is -0.333 e. The second kappa shape index (κ2) is 7.60. The van der Waals surface area contributed by atoms with Gasteiger partial charge >= 0.3 is 0 Å². The predicted octanol–water partition coefficient (Wildman–Crippen LogP) is 2.47. The molecule has 5 heteroatoms. The fourth-order valence-corrected chi connectivity index (χ4v) is 2.30. The van der Waals surface area contributed by atoms with Crippen LogP contribution in [0.4, 0.5) is 5.69 Å². The van der Waals surface area contributed by atoms with Crippen LogP contribution < -0.4 is 10.6 Å². The molecule has 0 bridgehead atoms. The number of amides is 1. The van der Waals surface area contributed by atoms with E-state index < -0.39 is 0 Å². The number of anilines is 1. The van der Waals surface area contributed by atoms with Crippen LogP contribution in [0.2, 0.25) is 5.02 Å². The molecule has 4 nitrogen and oxygen atoms in total. The standard InChI is InChI=1S/C17H16ClN3O/c1-12(13-6-4-7-15(18)9-13)20-11-17(22)21-16-8-3-2-5-14(16)10-19/h2-9,12,20H,11H2,1H3,(H,21,22)/p+1/t12-/m0/s1. The monoisotopic (exact) mass is 314 g/mol. The minimum absolute atomic E-state index is 0.121. The quantitative estimate of drug-likeness (QED) is 0.890. The van der Waals surface area contributed by atoms with Crippen LogP contribution in [0.1, 0.15) is 24.1 Å². The summed E-state index contributed by atoms with van der Waals surface area (Å²) in [4.78, 5) is 12.0. The van der Waals surface area contributed by atoms with Gasteiger partial charge in [0.15, 0.2) is 6.54 Å². The zero-order chi connectivity index (χ0) is 15.9. The molecule has 0 aliphatic rings. The largest absolute Gasteiger partial charge is 0.333 e. The van der Waals surface area contributed by atoms with Gasteiger partial charge < -0.3 is 10.6 Å². The van der Waals surface area contributed by atoms with Gasteiger partial charge in [-0.2, -0.15) is 5.26 Å². The van der Waals surface area contributed by atoms with E-state index in [-0.39, 0.29) is 18.5 Å². The normalized spacial score (nSPS) is 11.5. The predicted molar refractivity (Wildman–Crippen MR) is 86.4 cm³/mol. The lowest BCUT2D eigenvalue weighted by Crippen LogP contribution is -2.86. The number of rotatable bonds is 5. The Kier molecular flexibility index (Phi) is 5.54. The average molecular weight is 315 g/mol. The molecular formula is C17H17ClN3O+. The second-order valence-electron chi connectivity index (χ2n) is 4.99. The van der Waals surface area contributed by atoms with Crippen LogP contribution in [-0.4, -0.2) is 12.5 Å². The van der Waals surface area contributed by atoms with E-state index in [0.717, 1.165) is 5.56 Å². The molecule has 0 aromatic heterocycles. The van der Waals surface area contributed by atoms with Crippen molar-refractivity contribution in [3.8, 4) is 6.07 Å². The summed E-state index contributed by atoms with van der Waals surface area (Å²) < 4.78 is 0. The van der Waals surface area contributed by atoms with Gasteiger partial charge in [0.25, 0.3) is 5.91 Å². The highest BCUT2D eigenvalue weighted by Gasteiger charge is 2.13. The van der Waals surface area contributed by atoms with Crippen molar-refractivity contribution in [3.05, 3.63) is 64.7 Å². The maximum absolute atomic E-state index is 12.0. The molecule has 2 aromatic rings. The van der Waals surface area contributed by atoms with Crippen LogP contribution in [0.5, 0.6) is 0 Å². The third-order valence-corrected chi connectivity index (χ3v) is 3.59. The van der Waals surface area contributed by atoms with Crippen molar-refractivity contribution in [1.82, 2.24) is 0 Å². The lowest BCUT2D eigenvalue weighted by molar-refractivity contribution is -0.682. The number of hydrogen-bond acceptors (Lipinski definition) is 2. The molecule has 0 heterocycles. The Morgan fingerprint density at radius 3 is 2.82 bits per heavy atom. The van der Waals surface area contributed by atoms with Gasteiger partial charge in [-0.15, -0.1) is 0 Å². The number of nitrogens with zero attached hydrogens (tertiary/aromatic N) is 1. The van der Waals surface area contributed by atoms with E-state index in [1.54, 1.807) is 24.3 Å². The number of hydrogen-bond donors (Lipinski definition) is 2. The Labute approximate surface area is 134 Å². The molecule has 0 fully saturated rings. The van der Waals surface area contributed by atoms with E-state index >= 15 is 0 Å². The summed E-state index contributed by atoms with van der Waals surface area (Å²) in [5.74, 6) is -0.142. The Morgan fingerprint density at radius 2 is 2.09 bits per heavy atom. The molecule has 0 aliphatic heterocycles. The third kappa shape index (κ3) is 4.32. The summed E-state index contributed by atoms with van der Waals surface area (Å²) >= 11 is 5.97. The van der Waals surface area contributed by atoms with Crippen LogP contribution in [0.3, 0.4) is 0 Å². The maximum atomic E-state index is 12.0. The zero-order valence-electron chi connectivity index (χ0n) is 12.2. The second-order valence-corrected chi connectivity index (χ2v) is 5.43. The Balaban J connectivity index is 1.92. The highest BCUT2D eigenvalue weighted by atomic mass is 35.5. The molecule has 1 atom stereocenters. The first-order valence-electron chi connectivity index (χ1n) is 6.98. The number of quaternary nitrogens is 1. The minimum atomic E-state index is -0.142. The zero-order valence-corrected chi connectivity index (χ0v) is 13.0. The van der Waals surface area contributed by atoms with Gasteiger partial charge in [-0.05, 0) is 31.2 Å². The van der Waals surface area contributed by atoms with E-state index in [2.05, 4.69) is 11.4 Å². The van der Waals surface area contributed by atoms with Crippen molar-refractivity contribution in [2.45, 2.75) is 13.0 Å². The molecule has 3 N–H and O–H groups in total. The van der Waals surface area contributed by atoms with Gasteiger partial charge in [0.1, 0.15) is 12.1 Å². The van der Waals surface area contributed by atoms with Gasteiger partial charge in [0, 0.05) is 10.6 Å². The number of nitriles is 1. The molecule has 0 unspecified atom stereocenters. The summed E-state index contributed by atoms with van der Waals surface area (Å²) in [6.45, 7) is 2.29. The van der Waals surface area contributed by atoms with Gasteiger partial charge in [-0.25, -0.2) is 0 Å². The number of halogens is 1. The van der Waals surface area contributed by atoms with E-state index in [4.69, 9.17) is 16.9 Å². The number of nitrogens with two attached hydrogens (primary N) is 1. The molecule has 1 amide bonds. The maximum Gasteiger partial charge on any atom is 0.279 e. The smallest absolute Gasteiger partial charge is 0.279 e. The fraction of sp³-hybridized carbons (Fsp3) is 0.176. The van der Waals surface area contributed by atoms with E-state index in [1.165, 1.54) is 0 Å². The molecule has 0 saturated heterocycles. The SMILES string of the molecule is C[C@H]([NH2+]CC(=O)Nc1ccccc1C#N)c1cccc(Cl)c1. The number of carbonyl (C=O) groups excluding carboxylic acids is 1. The number of benzene rings is 2. The lowest BCUT2D eigenvalue weighted by atomic mass is 10.1. The number of para-hydroxylation sites is 1. The summed E-state index contributed by atoms with van der Waals surface area (Å²) in [5.41, 5.74) is 2.07. The van der Waals surface area contributed by atoms with Crippen molar-refractivity contribution in [2.24, 2.45) is 0 Å². The molecule has 0 radical (unpaired) electrons. The van der Waals surface area contributed by atoms with E-state index in [9.17, 15) is 4.79 Å². The van der Waals surface area contributed by atoms with Crippen LogP contribution >= 0.6 is 11.6 Å². The van der Waals surface area contributed by atoms with Crippen LogP contribution in [-0.2, 0) is 4.79 Å². The highest BCUT2D eigenvalue weighted by Crippen LogP contribution is 2.15. The first-order chi connectivity index (χ1) is 10.6. The number of nitrogens with one attached hydrogen (secondary N) is 1. The Hall–Kier alpha value is -2.35. The van der Waals surface area contributed by atoms with E-state index in [1.807, 2.05) is 36.5 Å². The average Bonchev–Trinajstić information content (AvgIpc) is 2.53. The third-order valence-electron chi connectivity index (χ3n) is 3.35. The van der Waals surface area contributed by atoms with Crippen LogP contribution in [0.15, 0.2) is 48.5 Å².